The predicted molar refractivity (Wildman–Crippen MR) is 97.9 cm³/mol. The van der Waals surface area contributed by atoms with Crippen LogP contribution in [0.5, 0.6) is 5.75 Å². The summed E-state index contributed by atoms with van der Waals surface area (Å²) in [6.07, 6.45) is 4.38. The van der Waals surface area contributed by atoms with Gasteiger partial charge in [0.2, 0.25) is 0 Å². The number of quaternary nitrogens is 1. The van der Waals surface area contributed by atoms with E-state index in [0.29, 0.717) is 24.0 Å². The first-order valence-corrected chi connectivity index (χ1v) is 9.08. The number of hydrogen-bond acceptors (Lipinski definition) is 3. The summed E-state index contributed by atoms with van der Waals surface area (Å²) in [4.78, 5) is 27.7. The van der Waals surface area contributed by atoms with Crippen molar-refractivity contribution < 1.29 is 19.2 Å². The van der Waals surface area contributed by atoms with Gasteiger partial charge in [-0.05, 0) is 37.8 Å². The number of benzene rings is 1. The molecule has 25 heavy (non-hydrogen) atoms. The zero-order valence-corrected chi connectivity index (χ0v) is 15.5. The number of methoxy groups -OCH3 is 1. The van der Waals surface area contributed by atoms with E-state index < -0.39 is 0 Å². The van der Waals surface area contributed by atoms with Crippen LogP contribution >= 0.6 is 0 Å². The van der Waals surface area contributed by atoms with Crippen LogP contribution in [-0.4, -0.2) is 56.5 Å². The van der Waals surface area contributed by atoms with Gasteiger partial charge in [-0.25, -0.2) is 0 Å². The molecule has 0 saturated carbocycles. The minimum atomic E-state index is -0.107. The first-order valence-electron chi connectivity index (χ1n) is 9.08. The Morgan fingerprint density at radius 2 is 2.12 bits per heavy atom. The lowest BCUT2D eigenvalue weighted by molar-refractivity contribution is -0.862. The molecule has 0 aliphatic carbocycles. The molecule has 0 spiro atoms. The van der Waals surface area contributed by atoms with Crippen LogP contribution in [0.1, 0.15) is 32.6 Å². The maximum atomic E-state index is 12.6. The van der Waals surface area contributed by atoms with E-state index >= 15 is 0 Å². The van der Waals surface area contributed by atoms with Crippen LogP contribution in [0.25, 0.3) is 0 Å². The average molecular weight is 348 g/mol. The number of piperidine rings is 1. The molecule has 1 fully saturated rings. The van der Waals surface area contributed by atoms with E-state index in [-0.39, 0.29) is 18.4 Å². The summed E-state index contributed by atoms with van der Waals surface area (Å²) in [7, 11) is 3.47. The minimum absolute atomic E-state index is 0.107. The summed E-state index contributed by atoms with van der Waals surface area (Å²) >= 11 is 0. The maximum absolute atomic E-state index is 12.6. The molecule has 1 aliphatic rings. The number of likely N-dealkylation sites (N-methyl/N-ethyl adjacent to an activating group) is 1. The third kappa shape index (κ3) is 5.74. The van der Waals surface area contributed by atoms with Crippen LogP contribution in [-0.2, 0) is 9.59 Å². The highest BCUT2D eigenvalue weighted by Crippen LogP contribution is 2.19. The Morgan fingerprint density at radius 1 is 1.32 bits per heavy atom. The molecule has 2 amide bonds. The highest BCUT2D eigenvalue weighted by atomic mass is 16.5. The lowest BCUT2D eigenvalue weighted by atomic mass is 10.00. The molecule has 6 heteroatoms. The zero-order valence-electron chi connectivity index (χ0n) is 15.5. The molecule has 1 aromatic rings. The van der Waals surface area contributed by atoms with Crippen molar-refractivity contribution in [2.24, 2.45) is 0 Å². The number of nitrogens with one attached hydrogen (secondary N) is 2. The predicted octanol–water partition coefficient (Wildman–Crippen LogP) is 0.940. The van der Waals surface area contributed by atoms with Gasteiger partial charge >= 0.3 is 0 Å². The van der Waals surface area contributed by atoms with E-state index in [2.05, 4.69) is 12.2 Å². The molecular weight excluding hydrogens is 318 g/mol. The number of carbonyl (C=O) groups excluding carboxylic acids is 2. The molecule has 1 aromatic carbocycles. The quantitative estimate of drug-likeness (QED) is 0.771. The SMILES string of the molecule is CC[C@H]1CCCCN1C(=O)C[NH+](C)CC(=O)Nc1cccc(OC)c1. The fraction of sp³-hybridized carbons (Fsp3) is 0.579. The molecular formula is C19H30N3O3+. The summed E-state index contributed by atoms with van der Waals surface area (Å²) in [6.45, 7) is 3.59. The number of ether oxygens (including phenoxy) is 1. The lowest BCUT2D eigenvalue weighted by Crippen LogP contribution is -3.11. The van der Waals surface area contributed by atoms with Crippen molar-refractivity contribution >= 4 is 17.5 Å². The van der Waals surface area contributed by atoms with E-state index in [1.165, 1.54) is 6.42 Å². The fourth-order valence-electron chi connectivity index (χ4n) is 3.36. The minimum Gasteiger partial charge on any atom is -0.497 e. The second kappa shape index (κ2) is 9.42. The summed E-state index contributed by atoms with van der Waals surface area (Å²) in [5.41, 5.74) is 0.700. The van der Waals surface area contributed by atoms with Gasteiger partial charge in [-0.15, -0.1) is 0 Å². The van der Waals surface area contributed by atoms with Gasteiger partial charge in [0.15, 0.2) is 13.1 Å². The van der Waals surface area contributed by atoms with Gasteiger partial charge in [0, 0.05) is 24.3 Å². The topological polar surface area (TPSA) is 63.1 Å². The van der Waals surface area contributed by atoms with E-state index in [1.54, 1.807) is 13.2 Å². The van der Waals surface area contributed by atoms with E-state index in [0.717, 1.165) is 30.7 Å². The first-order chi connectivity index (χ1) is 12.0. The third-order valence-electron chi connectivity index (χ3n) is 4.69. The van der Waals surface area contributed by atoms with Crippen LogP contribution in [0, 0.1) is 0 Å². The number of rotatable bonds is 7. The molecule has 1 heterocycles. The van der Waals surface area contributed by atoms with Crippen molar-refractivity contribution in [3.05, 3.63) is 24.3 Å². The van der Waals surface area contributed by atoms with Gasteiger partial charge in [-0.1, -0.05) is 13.0 Å². The number of amides is 2. The molecule has 0 radical (unpaired) electrons. The number of hydrogen-bond donors (Lipinski definition) is 2. The van der Waals surface area contributed by atoms with E-state index in [9.17, 15) is 9.59 Å². The highest BCUT2D eigenvalue weighted by molar-refractivity contribution is 5.91. The van der Waals surface area contributed by atoms with E-state index in [4.69, 9.17) is 4.74 Å². The van der Waals surface area contributed by atoms with Gasteiger partial charge in [-0.3, -0.25) is 9.59 Å². The van der Waals surface area contributed by atoms with Crippen molar-refractivity contribution in [1.29, 1.82) is 0 Å². The Morgan fingerprint density at radius 3 is 2.84 bits per heavy atom. The molecule has 138 valence electrons. The smallest absolute Gasteiger partial charge is 0.279 e. The average Bonchev–Trinajstić information content (AvgIpc) is 2.61. The van der Waals surface area contributed by atoms with Gasteiger partial charge in [0.05, 0.1) is 14.2 Å². The fourth-order valence-corrected chi connectivity index (χ4v) is 3.36. The number of nitrogens with zero attached hydrogens (tertiary/aromatic N) is 1. The van der Waals surface area contributed by atoms with Crippen LogP contribution < -0.4 is 15.0 Å². The second-order valence-electron chi connectivity index (χ2n) is 6.74. The normalized spacial score (nSPS) is 18.5. The molecule has 1 saturated heterocycles. The number of anilines is 1. The molecule has 1 aliphatic heterocycles. The maximum Gasteiger partial charge on any atom is 0.279 e. The lowest BCUT2D eigenvalue weighted by Gasteiger charge is -2.35. The van der Waals surface area contributed by atoms with Crippen molar-refractivity contribution in [2.45, 2.75) is 38.6 Å². The van der Waals surface area contributed by atoms with Crippen LogP contribution in [0.4, 0.5) is 5.69 Å². The first kappa shape index (κ1) is 19.2. The molecule has 0 bridgehead atoms. The Bertz CT molecular complexity index is 591. The Labute approximate surface area is 150 Å². The molecule has 6 nitrogen and oxygen atoms in total. The monoisotopic (exact) mass is 348 g/mol. The molecule has 2 atom stereocenters. The Hall–Kier alpha value is -2.08. The number of likely N-dealkylation sites (tertiary alicyclic amines) is 1. The van der Waals surface area contributed by atoms with Crippen molar-refractivity contribution in [2.75, 3.05) is 39.1 Å². The largest absolute Gasteiger partial charge is 0.497 e. The third-order valence-corrected chi connectivity index (χ3v) is 4.69. The molecule has 2 N–H and O–H groups in total. The summed E-state index contributed by atoms with van der Waals surface area (Å²) in [5.74, 6) is 0.742. The Balaban J connectivity index is 1.83. The van der Waals surface area contributed by atoms with Crippen LogP contribution in [0.15, 0.2) is 24.3 Å². The standard InChI is InChI=1S/C19H29N3O3/c1-4-16-9-5-6-11-22(16)19(24)14-21(2)13-18(23)20-15-8-7-10-17(12-15)25-3/h7-8,10,12,16H,4-6,9,11,13-14H2,1-3H3,(H,20,23)/p+1/t16-/m0/s1. The van der Waals surface area contributed by atoms with Gasteiger partial charge < -0.3 is 19.9 Å². The summed E-state index contributed by atoms with van der Waals surface area (Å²) in [6, 6.07) is 7.61. The van der Waals surface area contributed by atoms with Gasteiger partial charge in [0.25, 0.3) is 11.8 Å². The van der Waals surface area contributed by atoms with Gasteiger partial charge in [0.1, 0.15) is 5.75 Å². The molecule has 0 aromatic heterocycles. The Kier molecular flexibility index (Phi) is 7.25. The summed E-state index contributed by atoms with van der Waals surface area (Å²) in [5, 5.41) is 2.86. The van der Waals surface area contributed by atoms with Crippen LogP contribution in [0.2, 0.25) is 0 Å². The molecule has 1 unspecified atom stereocenters. The van der Waals surface area contributed by atoms with Crippen molar-refractivity contribution in [3.8, 4) is 5.75 Å². The van der Waals surface area contributed by atoms with Crippen molar-refractivity contribution in [1.82, 2.24) is 4.90 Å². The second-order valence-corrected chi connectivity index (χ2v) is 6.74. The van der Waals surface area contributed by atoms with Crippen molar-refractivity contribution in [3.63, 3.8) is 0 Å². The summed E-state index contributed by atoms with van der Waals surface area (Å²) < 4.78 is 5.15. The highest BCUT2D eigenvalue weighted by Gasteiger charge is 2.27. The molecule has 2 rings (SSSR count). The van der Waals surface area contributed by atoms with E-state index in [1.807, 2.05) is 30.1 Å². The van der Waals surface area contributed by atoms with Crippen LogP contribution in [0.3, 0.4) is 0 Å². The number of carbonyl (C=O) groups is 2. The van der Waals surface area contributed by atoms with Gasteiger partial charge in [-0.2, -0.15) is 0 Å². The zero-order chi connectivity index (χ0) is 18.2.